The van der Waals surface area contributed by atoms with Crippen molar-refractivity contribution in [2.75, 3.05) is 0 Å². The van der Waals surface area contributed by atoms with Crippen molar-refractivity contribution in [1.82, 2.24) is 0 Å². The maximum atomic E-state index is 12.4. The molecule has 1 aliphatic carbocycles. The molecule has 2 aromatic carbocycles. The number of carbonyl (C=O) groups excluding carboxylic acids is 1. The van der Waals surface area contributed by atoms with Gasteiger partial charge < -0.3 is 0 Å². The van der Waals surface area contributed by atoms with Gasteiger partial charge in [0, 0.05) is 12.3 Å². The van der Waals surface area contributed by atoms with Crippen molar-refractivity contribution in [3.05, 3.63) is 70.3 Å². The molecular weight excluding hydrogens is 232 g/mol. The number of rotatable bonds is 3. The first kappa shape index (κ1) is 12.2. The number of hydrogen-bond acceptors (Lipinski definition) is 1. The Bertz CT molecular complexity index is 640. The van der Waals surface area contributed by atoms with Crippen LogP contribution in [0.4, 0.5) is 0 Å². The van der Waals surface area contributed by atoms with Gasteiger partial charge in [0.1, 0.15) is 5.78 Å². The number of fused-ring (bicyclic) bond motifs is 1. The van der Waals surface area contributed by atoms with Gasteiger partial charge in [0.05, 0.1) is 0 Å². The van der Waals surface area contributed by atoms with E-state index in [4.69, 9.17) is 0 Å². The van der Waals surface area contributed by atoms with Crippen LogP contribution in [-0.2, 0) is 17.6 Å². The van der Waals surface area contributed by atoms with E-state index >= 15 is 0 Å². The lowest BCUT2D eigenvalue weighted by atomic mass is 9.74. The van der Waals surface area contributed by atoms with Gasteiger partial charge in [0.25, 0.3) is 0 Å². The lowest BCUT2D eigenvalue weighted by Crippen LogP contribution is -2.26. The van der Waals surface area contributed by atoms with E-state index in [1.165, 1.54) is 27.8 Å². The van der Waals surface area contributed by atoms with Crippen molar-refractivity contribution < 1.29 is 4.79 Å². The molecule has 0 spiro atoms. The molecule has 0 fully saturated rings. The maximum Gasteiger partial charge on any atom is 0.145 e. The molecule has 0 aliphatic heterocycles. The van der Waals surface area contributed by atoms with Crippen molar-refractivity contribution in [2.45, 2.75) is 32.6 Å². The molecule has 0 heterocycles. The molecule has 0 aromatic heterocycles. The Morgan fingerprint density at radius 3 is 2.74 bits per heavy atom. The molecule has 1 heteroatoms. The van der Waals surface area contributed by atoms with E-state index in [2.05, 4.69) is 44.2 Å². The fourth-order valence-corrected chi connectivity index (χ4v) is 2.85. The van der Waals surface area contributed by atoms with Gasteiger partial charge in [-0.25, -0.2) is 0 Å². The first-order chi connectivity index (χ1) is 9.15. The molecule has 19 heavy (non-hydrogen) atoms. The zero-order valence-corrected chi connectivity index (χ0v) is 11.4. The molecule has 1 nitrogen and oxygen atoms in total. The summed E-state index contributed by atoms with van der Waals surface area (Å²) in [5.41, 5.74) is 6.18. The number of carbonyl (C=O) groups is 1. The van der Waals surface area contributed by atoms with E-state index in [1.807, 2.05) is 12.1 Å². The predicted molar refractivity (Wildman–Crippen MR) is 77.5 cm³/mol. The van der Waals surface area contributed by atoms with E-state index in [1.54, 1.807) is 0 Å². The Morgan fingerprint density at radius 2 is 1.95 bits per heavy atom. The Kier molecular flexibility index (Phi) is 2.98. The molecule has 2 aromatic rings. The smallest absolute Gasteiger partial charge is 0.145 e. The molecule has 96 valence electrons. The summed E-state index contributed by atoms with van der Waals surface area (Å²) in [7, 11) is 0. The lowest BCUT2D eigenvalue weighted by molar-refractivity contribution is -0.120. The van der Waals surface area contributed by atoms with Crippen molar-refractivity contribution in [2.24, 2.45) is 0 Å². The summed E-state index contributed by atoms with van der Waals surface area (Å²) in [5, 5.41) is 0. The molecular formula is C18H18O. The lowest BCUT2D eigenvalue weighted by Gasteiger charge is -2.29. The molecule has 1 atom stereocenters. The minimum atomic E-state index is 0.121. The topological polar surface area (TPSA) is 17.1 Å². The van der Waals surface area contributed by atoms with Gasteiger partial charge in [0.15, 0.2) is 0 Å². The summed E-state index contributed by atoms with van der Waals surface area (Å²) in [6.07, 6.45) is 1.48. The highest BCUT2D eigenvalue weighted by Gasteiger charge is 2.31. The van der Waals surface area contributed by atoms with Crippen LogP contribution in [0.15, 0.2) is 42.5 Å². The van der Waals surface area contributed by atoms with Gasteiger partial charge in [-0.2, -0.15) is 0 Å². The number of benzene rings is 2. The summed E-state index contributed by atoms with van der Waals surface area (Å²) in [5.74, 6) is 0.475. The number of hydrogen-bond donors (Lipinski definition) is 0. The summed E-state index contributed by atoms with van der Waals surface area (Å²) in [6.45, 7) is 4.16. The predicted octanol–water partition coefficient (Wildman–Crippen LogP) is 3.75. The normalized spacial score (nSPS) is 16.6. The first-order valence-electron chi connectivity index (χ1n) is 6.82. The quantitative estimate of drug-likeness (QED) is 0.810. The summed E-state index contributed by atoms with van der Waals surface area (Å²) in [4.78, 5) is 12.4. The third-order valence-electron chi connectivity index (χ3n) is 4.11. The zero-order chi connectivity index (χ0) is 13.4. The van der Waals surface area contributed by atoms with Gasteiger partial charge in [-0.1, -0.05) is 48.0 Å². The second-order valence-electron chi connectivity index (χ2n) is 5.53. The van der Waals surface area contributed by atoms with Crippen LogP contribution in [0, 0.1) is 13.8 Å². The summed E-state index contributed by atoms with van der Waals surface area (Å²) < 4.78 is 0. The average molecular weight is 250 g/mol. The Balaban J connectivity index is 1.79. The van der Waals surface area contributed by atoms with Crippen LogP contribution in [0.2, 0.25) is 0 Å². The fourth-order valence-electron chi connectivity index (χ4n) is 2.85. The minimum Gasteiger partial charge on any atom is -0.299 e. The van der Waals surface area contributed by atoms with Gasteiger partial charge in [-0.05, 0) is 42.5 Å². The van der Waals surface area contributed by atoms with Crippen LogP contribution < -0.4 is 0 Å². The fraction of sp³-hybridized carbons (Fsp3) is 0.278. The van der Waals surface area contributed by atoms with Crippen molar-refractivity contribution in [3.63, 3.8) is 0 Å². The van der Waals surface area contributed by atoms with Crippen LogP contribution in [0.5, 0.6) is 0 Å². The van der Waals surface area contributed by atoms with Crippen molar-refractivity contribution in [1.29, 1.82) is 0 Å². The van der Waals surface area contributed by atoms with Crippen LogP contribution in [0.25, 0.3) is 0 Å². The maximum absolute atomic E-state index is 12.4. The summed E-state index contributed by atoms with van der Waals surface area (Å²) in [6, 6.07) is 14.6. The van der Waals surface area contributed by atoms with E-state index in [0.717, 1.165) is 6.42 Å². The Morgan fingerprint density at radius 1 is 1.16 bits per heavy atom. The molecule has 0 radical (unpaired) electrons. The third-order valence-corrected chi connectivity index (χ3v) is 4.11. The largest absolute Gasteiger partial charge is 0.299 e. The second kappa shape index (κ2) is 4.65. The molecule has 0 saturated heterocycles. The Labute approximate surface area is 114 Å². The van der Waals surface area contributed by atoms with Gasteiger partial charge in [-0.15, -0.1) is 0 Å². The first-order valence-corrected chi connectivity index (χ1v) is 6.82. The standard InChI is InChI=1S/C18H18O/c1-12-7-8-13(2)15(9-12)11-18(19)17-10-14-5-3-4-6-16(14)17/h3-9,17H,10-11H2,1-2H3. The van der Waals surface area contributed by atoms with E-state index in [-0.39, 0.29) is 5.92 Å². The molecule has 1 aliphatic rings. The Hall–Kier alpha value is -1.89. The monoisotopic (exact) mass is 250 g/mol. The third kappa shape index (κ3) is 2.21. The van der Waals surface area contributed by atoms with Crippen LogP contribution >= 0.6 is 0 Å². The van der Waals surface area contributed by atoms with Crippen LogP contribution in [-0.4, -0.2) is 5.78 Å². The second-order valence-corrected chi connectivity index (χ2v) is 5.53. The summed E-state index contributed by atoms with van der Waals surface area (Å²) >= 11 is 0. The highest BCUT2D eigenvalue weighted by Crippen LogP contribution is 2.36. The molecule has 3 rings (SSSR count). The SMILES string of the molecule is Cc1ccc(C)c(CC(=O)C2Cc3ccccc32)c1. The van der Waals surface area contributed by atoms with Gasteiger partial charge in [0.2, 0.25) is 0 Å². The molecule has 0 saturated carbocycles. The molecule has 0 bridgehead atoms. The number of Topliss-reactive ketones (excluding diaryl/α,β-unsaturated/α-hetero) is 1. The van der Waals surface area contributed by atoms with Crippen LogP contribution in [0.1, 0.15) is 33.7 Å². The van der Waals surface area contributed by atoms with Gasteiger partial charge >= 0.3 is 0 Å². The number of ketones is 1. The minimum absolute atomic E-state index is 0.121. The van der Waals surface area contributed by atoms with E-state index in [0.29, 0.717) is 12.2 Å². The average Bonchev–Trinajstić information content (AvgIpc) is 2.35. The molecule has 0 N–H and O–H groups in total. The molecule has 1 unspecified atom stereocenters. The highest BCUT2D eigenvalue weighted by atomic mass is 16.1. The number of aryl methyl sites for hydroxylation is 2. The van der Waals surface area contributed by atoms with E-state index < -0.39 is 0 Å². The van der Waals surface area contributed by atoms with E-state index in [9.17, 15) is 4.79 Å². The van der Waals surface area contributed by atoms with Crippen LogP contribution in [0.3, 0.4) is 0 Å². The van der Waals surface area contributed by atoms with Crippen molar-refractivity contribution in [3.8, 4) is 0 Å². The molecule has 0 amide bonds. The zero-order valence-electron chi connectivity index (χ0n) is 11.4. The van der Waals surface area contributed by atoms with Crippen molar-refractivity contribution >= 4 is 5.78 Å². The van der Waals surface area contributed by atoms with Gasteiger partial charge in [-0.3, -0.25) is 4.79 Å². The highest BCUT2D eigenvalue weighted by molar-refractivity contribution is 5.90.